The van der Waals surface area contributed by atoms with Gasteiger partial charge in [0.25, 0.3) is 0 Å². The first kappa shape index (κ1) is 29.8. The Balaban J connectivity index is 1.44. The Labute approximate surface area is 253 Å². The van der Waals surface area contributed by atoms with Crippen molar-refractivity contribution < 1.29 is 31.8 Å². The number of carboxylic acids is 1. The fourth-order valence-corrected chi connectivity index (χ4v) is 7.34. The van der Waals surface area contributed by atoms with Gasteiger partial charge in [0, 0.05) is 48.2 Å². The van der Waals surface area contributed by atoms with Crippen LogP contribution in [0.4, 0.5) is 8.78 Å². The van der Waals surface area contributed by atoms with E-state index in [1.165, 1.54) is 29.6 Å². The molecule has 0 saturated carbocycles. The van der Waals surface area contributed by atoms with Crippen molar-refractivity contribution in [2.75, 3.05) is 19.4 Å². The average Bonchev–Trinajstić information content (AvgIpc) is 3.42. The summed E-state index contributed by atoms with van der Waals surface area (Å²) in [5.41, 5.74) is 2.62. The molecule has 0 aliphatic carbocycles. The second-order valence-corrected chi connectivity index (χ2v) is 13.3. The maximum Gasteiger partial charge on any atom is 0.352 e. The molecule has 1 N–H and O–H groups in total. The van der Waals surface area contributed by atoms with Crippen LogP contribution in [0.3, 0.4) is 0 Å². The van der Waals surface area contributed by atoms with Crippen LogP contribution in [0.5, 0.6) is 5.75 Å². The summed E-state index contributed by atoms with van der Waals surface area (Å²) in [4.78, 5) is 12.8. The third-order valence-electron chi connectivity index (χ3n) is 8.40. The van der Waals surface area contributed by atoms with Crippen molar-refractivity contribution >= 4 is 37.7 Å². The van der Waals surface area contributed by atoms with Crippen LogP contribution in [0.25, 0.3) is 32.8 Å². The highest BCUT2D eigenvalue weighted by atomic mass is 32.2. The molecule has 0 radical (unpaired) electrons. The summed E-state index contributed by atoms with van der Waals surface area (Å²) in [6.07, 6.45) is 0.900. The van der Waals surface area contributed by atoms with E-state index in [0.717, 1.165) is 5.39 Å². The minimum absolute atomic E-state index is 0.000536. The van der Waals surface area contributed by atoms with Gasteiger partial charge in [0.2, 0.25) is 10.0 Å². The third kappa shape index (κ3) is 5.11. The Morgan fingerprint density at radius 1 is 1.07 bits per heavy atom. The molecule has 0 fully saturated rings. The highest BCUT2D eigenvalue weighted by Gasteiger charge is 2.31. The number of fused-ring (bicyclic) bond motifs is 3. The van der Waals surface area contributed by atoms with E-state index in [4.69, 9.17) is 4.74 Å². The molecule has 9 nitrogen and oxygen atoms in total. The Hall–Kier alpha value is -4.29. The number of rotatable bonds is 6. The van der Waals surface area contributed by atoms with Gasteiger partial charge in [-0.15, -0.1) is 0 Å². The molecule has 0 spiro atoms. The topological polar surface area (TPSA) is 107 Å². The smallest absolute Gasteiger partial charge is 0.352 e. The van der Waals surface area contributed by atoms with Gasteiger partial charge < -0.3 is 14.4 Å². The number of aryl methyl sites for hydroxylation is 3. The molecule has 44 heavy (non-hydrogen) atoms. The number of aromatic nitrogens is 3. The number of carboxylic acid groups (broad SMARTS) is 1. The van der Waals surface area contributed by atoms with Gasteiger partial charge in [-0.25, -0.2) is 22.0 Å². The van der Waals surface area contributed by atoms with Gasteiger partial charge in [0.05, 0.1) is 30.1 Å². The lowest BCUT2D eigenvalue weighted by Gasteiger charge is -2.16. The Bertz CT molecular complexity index is 2050. The van der Waals surface area contributed by atoms with Crippen LogP contribution in [0, 0.1) is 18.6 Å². The molecule has 230 valence electrons. The summed E-state index contributed by atoms with van der Waals surface area (Å²) < 4.78 is 66.2. The lowest BCUT2D eigenvalue weighted by molar-refractivity contribution is 0.0684. The summed E-state index contributed by atoms with van der Waals surface area (Å²) in [7, 11) is -0.507. The van der Waals surface area contributed by atoms with Crippen molar-refractivity contribution in [1.82, 2.24) is 18.7 Å². The van der Waals surface area contributed by atoms with Crippen LogP contribution < -0.4 is 4.74 Å². The van der Waals surface area contributed by atoms with Gasteiger partial charge in [-0.05, 0) is 73.5 Å². The molecule has 0 bridgehead atoms. The Morgan fingerprint density at radius 3 is 2.61 bits per heavy atom. The SMILES string of the molecule is Cc1c2c(nn1C)CN(C)S(=O)(=O)CCCn1c(C(=O)O)c(CCCOc3cccc4cc(F)ccc34)c3ccc(F)c-2c31. The molecule has 2 aromatic heterocycles. The molecule has 6 rings (SSSR count). The molecule has 0 unspecified atom stereocenters. The zero-order chi connectivity index (χ0) is 31.3. The maximum atomic E-state index is 15.9. The van der Waals surface area contributed by atoms with Crippen molar-refractivity contribution in [2.45, 2.75) is 39.3 Å². The normalized spacial score (nSPS) is 15.3. The maximum absolute atomic E-state index is 15.9. The third-order valence-corrected chi connectivity index (χ3v) is 10.3. The summed E-state index contributed by atoms with van der Waals surface area (Å²) in [6, 6.07) is 12.8. The lowest BCUT2D eigenvalue weighted by Crippen LogP contribution is -2.29. The van der Waals surface area contributed by atoms with Crippen molar-refractivity contribution in [1.29, 1.82) is 0 Å². The van der Waals surface area contributed by atoms with E-state index in [2.05, 4.69) is 5.10 Å². The second-order valence-electron chi connectivity index (χ2n) is 11.1. The van der Waals surface area contributed by atoms with Crippen LogP contribution in [0.1, 0.15) is 40.3 Å². The predicted molar refractivity (Wildman–Crippen MR) is 163 cm³/mol. The minimum atomic E-state index is -3.69. The summed E-state index contributed by atoms with van der Waals surface area (Å²) in [5, 5.41) is 17.1. The molecular weight excluding hydrogens is 590 g/mol. The molecule has 3 heterocycles. The average molecular weight is 623 g/mol. The Kier molecular flexibility index (Phi) is 7.66. The number of hydrogen-bond acceptors (Lipinski definition) is 5. The van der Waals surface area contributed by atoms with Crippen molar-refractivity contribution in [3.05, 3.63) is 82.8 Å². The number of benzene rings is 3. The van der Waals surface area contributed by atoms with E-state index in [1.807, 2.05) is 0 Å². The quantitative estimate of drug-likeness (QED) is 0.245. The number of hydrogen-bond donors (Lipinski definition) is 1. The van der Waals surface area contributed by atoms with Crippen LogP contribution in [-0.2, 0) is 36.6 Å². The van der Waals surface area contributed by atoms with E-state index in [1.54, 1.807) is 53.6 Å². The van der Waals surface area contributed by atoms with Crippen molar-refractivity contribution in [3.8, 4) is 16.9 Å². The van der Waals surface area contributed by atoms with Gasteiger partial charge in [-0.3, -0.25) is 4.68 Å². The van der Waals surface area contributed by atoms with Crippen LogP contribution in [0.2, 0.25) is 0 Å². The molecular formula is C32H32F2N4O5S. The number of sulfonamides is 1. The number of ether oxygens (including phenoxy) is 1. The molecule has 0 amide bonds. The number of aromatic carboxylic acids is 1. The molecule has 0 atom stereocenters. The van der Waals surface area contributed by atoms with E-state index in [-0.39, 0.29) is 48.9 Å². The summed E-state index contributed by atoms with van der Waals surface area (Å²) >= 11 is 0. The largest absolute Gasteiger partial charge is 0.493 e. The Morgan fingerprint density at radius 2 is 1.84 bits per heavy atom. The van der Waals surface area contributed by atoms with Gasteiger partial charge in [-0.2, -0.15) is 9.40 Å². The highest BCUT2D eigenvalue weighted by molar-refractivity contribution is 7.89. The molecule has 1 aliphatic rings. The number of halogens is 2. The molecule has 0 saturated heterocycles. The first-order valence-electron chi connectivity index (χ1n) is 14.3. The number of nitrogens with zero attached hydrogens (tertiary/aromatic N) is 4. The van der Waals surface area contributed by atoms with Gasteiger partial charge in [0.15, 0.2) is 0 Å². The monoisotopic (exact) mass is 622 g/mol. The van der Waals surface area contributed by atoms with Crippen LogP contribution >= 0.6 is 0 Å². The second kappa shape index (κ2) is 11.3. The minimum Gasteiger partial charge on any atom is -0.493 e. The van der Waals surface area contributed by atoms with Gasteiger partial charge in [0.1, 0.15) is 23.1 Å². The highest BCUT2D eigenvalue weighted by Crippen LogP contribution is 2.40. The van der Waals surface area contributed by atoms with Gasteiger partial charge >= 0.3 is 5.97 Å². The van der Waals surface area contributed by atoms with E-state index in [0.29, 0.717) is 57.4 Å². The van der Waals surface area contributed by atoms with Crippen LogP contribution in [0.15, 0.2) is 48.5 Å². The fourth-order valence-electron chi connectivity index (χ4n) is 6.22. The lowest BCUT2D eigenvalue weighted by atomic mass is 9.97. The molecule has 3 aromatic carbocycles. The number of carbonyl (C=O) groups is 1. The fraction of sp³-hybridized carbons (Fsp3) is 0.312. The summed E-state index contributed by atoms with van der Waals surface area (Å²) in [5.74, 6) is -1.68. The van der Waals surface area contributed by atoms with E-state index >= 15 is 4.39 Å². The van der Waals surface area contributed by atoms with Gasteiger partial charge in [-0.1, -0.05) is 12.1 Å². The van der Waals surface area contributed by atoms with Crippen molar-refractivity contribution in [2.24, 2.45) is 7.05 Å². The van der Waals surface area contributed by atoms with E-state index in [9.17, 15) is 22.7 Å². The molecule has 1 aliphatic heterocycles. The standard InChI is InChI=1S/C32H32F2N4O5S/c1-19-28-26(35-37(19)3)18-36(2)44(41,42)16-6-14-38-30-24(12-13-25(34)29(28)30)23(31(38)32(39)40)8-5-15-43-27-9-4-7-20-17-21(33)10-11-22(20)27/h4,7,9-13,17H,5-6,8,14-16,18H2,1-3H3,(H,39,40). The zero-order valence-electron chi connectivity index (χ0n) is 24.6. The summed E-state index contributed by atoms with van der Waals surface area (Å²) in [6.45, 7) is 2.06. The molecule has 5 aromatic rings. The first-order valence-corrected chi connectivity index (χ1v) is 15.9. The van der Waals surface area contributed by atoms with Crippen molar-refractivity contribution in [3.63, 3.8) is 0 Å². The molecule has 12 heteroatoms. The van der Waals surface area contributed by atoms with Crippen LogP contribution in [-0.4, -0.2) is 57.6 Å². The van der Waals surface area contributed by atoms with E-state index < -0.39 is 21.8 Å². The zero-order valence-corrected chi connectivity index (χ0v) is 25.4. The predicted octanol–water partition coefficient (Wildman–Crippen LogP) is 5.66. The first-order chi connectivity index (χ1) is 21.0.